The fourth-order valence-electron chi connectivity index (χ4n) is 4.51. The Kier molecular flexibility index (Phi) is 9.99. The smallest absolute Gasteiger partial charge is 0.193 e. The van der Waals surface area contributed by atoms with Crippen molar-refractivity contribution in [1.82, 2.24) is 15.1 Å². The highest BCUT2D eigenvalue weighted by molar-refractivity contribution is 14.0. The number of rotatable bonds is 7. The van der Waals surface area contributed by atoms with Crippen molar-refractivity contribution in [3.8, 4) is 0 Å². The second-order valence-corrected chi connectivity index (χ2v) is 8.17. The molecule has 3 aliphatic heterocycles. The van der Waals surface area contributed by atoms with E-state index in [9.17, 15) is 0 Å². The van der Waals surface area contributed by atoms with Gasteiger partial charge in [-0.05, 0) is 65.1 Å². The topological polar surface area (TPSA) is 40.1 Å². The van der Waals surface area contributed by atoms with Crippen LogP contribution in [0.3, 0.4) is 0 Å². The number of hydrogen-bond donors (Lipinski definition) is 1. The summed E-state index contributed by atoms with van der Waals surface area (Å²) < 4.78 is 5.65. The summed E-state index contributed by atoms with van der Waals surface area (Å²) in [6.07, 6.45) is 10.6. The average molecular weight is 478 g/mol. The van der Waals surface area contributed by atoms with Crippen LogP contribution in [0, 0.1) is 5.41 Å². The maximum Gasteiger partial charge on any atom is 0.193 e. The van der Waals surface area contributed by atoms with Crippen LogP contribution in [0.4, 0.5) is 0 Å². The Labute approximate surface area is 177 Å². The van der Waals surface area contributed by atoms with Crippen LogP contribution in [0.25, 0.3) is 0 Å². The minimum absolute atomic E-state index is 0. The third kappa shape index (κ3) is 6.51. The van der Waals surface area contributed by atoms with Crippen LogP contribution in [-0.2, 0) is 4.74 Å². The van der Waals surface area contributed by atoms with Gasteiger partial charge in [0.05, 0.1) is 6.61 Å². The van der Waals surface area contributed by atoms with Crippen LogP contribution in [0.1, 0.15) is 58.3 Å². The lowest BCUT2D eigenvalue weighted by molar-refractivity contribution is 0.156. The molecule has 3 rings (SSSR count). The maximum absolute atomic E-state index is 5.65. The first-order valence-electron chi connectivity index (χ1n) is 10.6. The summed E-state index contributed by atoms with van der Waals surface area (Å²) in [5.41, 5.74) is 0.407. The molecule has 3 aliphatic rings. The van der Waals surface area contributed by atoms with Gasteiger partial charge in [0.15, 0.2) is 5.96 Å². The molecule has 6 heteroatoms. The van der Waals surface area contributed by atoms with Crippen molar-refractivity contribution in [1.29, 1.82) is 0 Å². The van der Waals surface area contributed by atoms with E-state index in [1.165, 1.54) is 71.0 Å². The van der Waals surface area contributed by atoms with Crippen LogP contribution in [-0.4, -0.2) is 74.8 Å². The Morgan fingerprint density at radius 2 is 1.92 bits per heavy atom. The summed E-state index contributed by atoms with van der Waals surface area (Å²) in [6, 6.07) is 0. The summed E-state index contributed by atoms with van der Waals surface area (Å²) in [7, 11) is 0. The Balaban J connectivity index is 0.00000243. The van der Waals surface area contributed by atoms with Crippen LogP contribution in [0.15, 0.2) is 4.99 Å². The Bertz CT molecular complexity index is 420. The van der Waals surface area contributed by atoms with Crippen molar-refractivity contribution in [3.63, 3.8) is 0 Å². The van der Waals surface area contributed by atoms with Gasteiger partial charge in [-0.1, -0.05) is 12.8 Å². The second-order valence-electron chi connectivity index (χ2n) is 8.17. The molecule has 0 radical (unpaired) electrons. The normalized spacial score (nSPS) is 27.1. The molecule has 0 amide bonds. The zero-order chi connectivity index (χ0) is 17.4. The molecule has 0 saturated carbocycles. The van der Waals surface area contributed by atoms with E-state index < -0.39 is 0 Å². The van der Waals surface area contributed by atoms with E-state index in [1.807, 2.05) is 0 Å². The van der Waals surface area contributed by atoms with Gasteiger partial charge in [0.25, 0.3) is 0 Å². The van der Waals surface area contributed by atoms with Crippen LogP contribution < -0.4 is 5.32 Å². The van der Waals surface area contributed by atoms with Gasteiger partial charge in [0.2, 0.25) is 0 Å². The summed E-state index contributed by atoms with van der Waals surface area (Å²) in [5.74, 6) is 1.13. The number of likely N-dealkylation sites (tertiary alicyclic amines) is 2. The first-order chi connectivity index (χ1) is 12.3. The Hall–Kier alpha value is -0.0800. The first-order valence-corrected chi connectivity index (χ1v) is 10.6. The number of unbranched alkanes of at least 4 members (excludes halogenated alkanes) is 2. The number of halogens is 1. The number of hydrogen-bond acceptors (Lipinski definition) is 3. The number of aliphatic imine (C=N–C) groups is 1. The zero-order valence-corrected chi connectivity index (χ0v) is 19.0. The largest absolute Gasteiger partial charge is 0.381 e. The molecular formula is C20H39IN4O. The van der Waals surface area contributed by atoms with Gasteiger partial charge in [-0.25, -0.2) is 0 Å². The van der Waals surface area contributed by atoms with E-state index in [4.69, 9.17) is 9.73 Å². The van der Waals surface area contributed by atoms with E-state index >= 15 is 0 Å². The van der Waals surface area contributed by atoms with Crippen molar-refractivity contribution in [3.05, 3.63) is 0 Å². The first kappa shape index (κ1) is 22.2. The van der Waals surface area contributed by atoms with Crippen molar-refractivity contribution in [2.45, 2.75) is 58.3 Å². The molecule has 1 unspecified atom stereocenters. The fraction of sp³-hybridized carbons (Fsp3) is 0.950. The van der Waals surface area contributed by atoms with Crippen molar-refractivity contribution in [2.75, 3.05) is 59.0 Å². The van der Waals surface area contributed by atoms with E-state index in [1.54, 1.807) is 0 Å². The maximum atomic E-state index is 5.65. The average Bonchev–Trinajstić information content (AvgIpc) is 3.28. The Morgan fingerprint density at radius 1 is 1.08 bits per heavy atom. The summed E-state index contributed by atoms with van der Waals surface area (Å²) in [5, 5.41) is 3.50. The third-order valence-electron chi connectivity index (χ3n) is 6.10. The molecular weight excluding hydrogens is 439 g/mol. The molecule has 3 fully saturated rings. The molecule has 0 aliphatic carbocycles. The molecule has 0 aromatic rings. The van der Waals surface area contributed by atoms with Gasteiger partial charge in [-0.2, -0.15) is 0 Å². The molecule has 5 nitrogen and oxygen atoms in total. The summed E-state index contributed by atoms with van der Waals surface area (Å²) >= 11 is 0. The molecule has 1 spiro atoms. The molecule has 3 saturated heterocycles. The predicted molar refractivity (Wildman–Crippen MR) is 120 cm³/mol. The third-order valence-corrected chi connectivity index (χ3v) is 6.10. The van der Waals surface area contributed by atoms with Crippen LogP contribution >= 0.6 is 24.0 Å². The van der Waals surface area contributed by atoms with Crippen molar-refractivity contribution in [2.24, 2.45) is 10.4 Å². The van der Waals surface area contributed by atoms with Crippen molar-refractivity contribution < 1.29 is 4.74 Å². The van der Waals surface area contributed by atoms with E-state index in [2.05, 4.69) is 22.0 Å². The van der Waals surface area contributed by atoms with E-state index in [0.29, 0.717) is 5.41 Å². The van der Waals surface area contributed by atoms with E-state index in [0.717, 1.165) is 45.4 Å². The molecule has 3 heterocycles. The molecule has 0 bridgehead atoms. The summed E-state index contributed by atoms with van der Waals surface area (Å²) in [6.45, 7) is 12.1. The molecule has 26 heavy (non-hydrogen) atoms. The molecule has 152 valence electrons. The second kappa shape index (κ2) is 11.7. The SMILES string of the molecule is CCNC(=NCCCCCN1CCCCC1)N1CCC2(CCOC2)C1.I. The number of ether oxygens (including phenoxy) is 1. The highest BCUT2D eigenvalue weighted by Crippen LogP contribution is 2.38. The van der Waals surface area contributed by atoms with Gasteiger partial charge in [-0.15, -0.1) is 24.0 Å². The number of nitrogens with one attached hydrogen (secondary N) is 1. The van der Waals surface area contributed by atoms with Gasteiger partial charge in [0, 0.05) is 38.2 Å². The minimum Gasteiger partial charge on any atom is -0.381 e. The van der Waals surface area contributed by atoms with Gasteiger partial charge in [-0.3, -0.25) is 4.99 Å². The summed E-state index contributed by atoms with van der Waals surface area (Å²) in [4.78, 5) is 10.0. The highest BCUT2D eigenvalue weighted by Gasteiger charge is 2.42. The highest BCUT2D eigenvalue weighted by atomic mass is 127. The monoisotopic (exact) mass is 478 g/mol. The molecule has 0 aromatic heterocycles. The van der Waals surface area contributed by atoms with Gasteiger partial charge in [0.1, 0.15) is 0 Å². The van der Waals surface area contributed by atoms with Crippen LogP contribution in [0.2, 0.25) is 0 Å². The van der Waals surface area contributed by atoms with Crippen molar-refractivity contribution >= 4 is 29.9 Å². The van der Waals surface area contributed by atoms with Crippen LogP contribution in [0.5, 0.6) is 0 Å². The number of nitrogens with zero attached hydrogens (tertiary/aromatic N) is 3. The molecule has 1 atom stereocenters. The molecule has 1 N–H and O–H groups in total. The lowest BCUT2D eigenvalue weighted by Crippen LogP contribution is -2.41. The van der Waals surface area contributed by atoms with Gasteiger partial charge < -0.3 is 19.9 Å². The quantitative estimate of drug-likeness (QED) is 0.264. The van der Waals surface area contributed by atoms with E-state index in [-0.39, 0.29) is 24.0 Å². The number of guanidine groups is 1. The zero-order valence-electron chi connectivity index (χ0n) is 16.7. The predicted octanol–water partition coefficient (Wildman–Crippen LogP) is 3.34. The molecule has 0 aromatic carbocycles. The lowest BCUT2D eigenvalue weighted by atomic mass is 9.87. The fourth-order valence-corrected chi connectivity index (χ4v) is 4.51. The standard InChI is InChI=1S/C20H38N4O.HI/c1-2-21-19(24-15-9-20(17-24)10-16-25-18-20)22-11-5-3-6-12-23-13-7-4-8-14-23;/h2-18H2,1H3,(H,21,22);1H. The Morgan fingerprint density at radius 3 is 2.65 bits per heavy atom. The number of piperidine rings is 1. The van der Waals surface area contributed by atoms with Gasteiger partial charge >= 0.3 is 0 Å². The minimum atomic E-state index is 0. The lowest BCUT2D eigenvalue weighted by Gasteiger charge is -2.26.